The van der Waals surface area contributed by atoms with Crippen LogP contribution < -0.4 is 10.2 Å². The minimum absolute atomic E-state index is 0.177. The average molecular weight is 342 g/mol. The Morgan fingerprint density at radius 1 is 0.920 bits per heavy atom. The minimum Gasteiger partial charge on any atom is -0.353 e. The number of nitrogens with one attached hydrogen (secondary N) is 1. The van der Waals surface area contributed by atoms with Crippen molar-refractivity contribution in [2.45, 2.75) is 26.6 Å². The second kappa shape index (κ2) is 10.5. The molecular weight excluding hydrogens is 316 g/mol. The first-order chi connectivity index (χ1) is 12.3. The summed E-state index contributed by atoms with van der Waals surface area (Å²) in [7, 11) is 0. The molecule has 1 N–H and O–H groups in total. The van der Waals surface area contributed by atoms with Crippen LogP contribution in [0.2, 0.25) is 0 Å². The molecule has 0 radical (unpaired) electrons. The van der Waals surface area contributed by atoms with Crippen molar-refractivity contribution < 1.29 is 14.3 Å². The molecule has 2 aromatic rings. The van der Waals surface area contributed by atoms with Gasteiger partial charge < -0.3 is 14.8 Å². The molecule has 2 amide bonds. The topological polar surface area (TPSA) is 50.8 Å². The molecule has 0 aliphatic carbocycles. The lowest BCUT2D eigenvalue weighted by atomic mass is 10.2. The molecule has 0 atom stereocenters. The maximum Gasteiger partial charge on any atom is 0.326 e. The molecule has 0 aliphatic heterocycles. The van der Waals surface area contributed by atoms with Gasteiger partial charge in [-0.25, -0.2) is 4.79 Å². The molecule has 25 heavy (non-hydrogen) atoms. The summed E-state index contributed by atoms with van der Waals surface area (Å²) in [5.74, 6) is 0. The average Bonchev–Trinajstić information content (AvgIpc) is 2.64. The van der Waals surface area contributed by atoms with E-state index in [1.807, 2.05) is 74.5 Å². The molecule has 5 nitrogen and oxygen atoms in total. The Kier molecular flexibility index (Phi) is 7.95. The molecule has 0 unspecified atom stereocenters. The minimum atomic E-state index is -0.294. The molecular formula is C20H26N2O3. The van der Waals surface area contributed by atoms with Crippen LogP contribution in [0.1, 0.15) is 20.3 Å². The number of hydrogen-bond donors (Lipinski definition) is 1. The summed E-state index contributed by atoms with van der Waals surface area (Å²) in [6.45, 7) is 5.49. The van der Waals surface area contributed by atoms with Crippen molar-refractivity contribution in [3.05, 3.63) is 60.7 Å². The number of rotatable bonds is 9. The van der Waals surface area contributed by atoms with Crippen LogP contribution in [-0.4, -0.2) is 32.1 Å². The fraction of sp³-hybridized carbons (Fsp3) is 0.350. The van der Waals surface area contributed by atoms with Crippen molar-refractivity contribution in [2.24, 2.45) is 0 Å². The number of benzene rings is 2. The van der Waals surface area contributed by atoms with Gasteiger partial charge >= 0.3 is 6.03 Å². The lowest BCUT2D eigenvalue weighted by molar-refractivity contribution is -0.138. The Morgan fingerprint density at radius 2 is 1.40 bits per heavy atom. The zero-order chi connectivity index (χ0) is 17.9. The van der Waals surface area contributed by atoms with Crippen LogP contribution in [0.4, 0.5) is 16.2 Å². The number of carbonyl (C=O) groups is 1. The highest BCUT2D eigenvalue weighted by molar-refractivity contribution is 5.99. The first-order valence-electron chi connectivity index (χ1n) is 8.67. The van der Waals surface area contributed by atoms with Gasteiger partial charge in [-0.3, -0.25) is 4.90 Å². The van der Waals surface area contributed by atoms with E-state index in [0.29, 0.717) is 26.2 Å². The normalized spacial score (nSPS) is 10.7. The number of anilines is 2. The van der Waals surface area contributed by atoms with Gasteiger partial charge in [0.1, 0.15) is 0 Å². The van der Waals surface area contributed by atoms with Crippen molar-refractivity contribution in [3.63, 3.8) is 0 Å². The molecule has 0 saturated carbocycles. The molecule has 2 aromatic carbocycles. The van der Waals surface area contributed by atoms with Gasteiger partial charge in [0.05, 0.1) is 11.4 Å². The number of urea groups is 1. The Labute approximate surface area is 149 Å². The third kappa shape index (κ3) is 5.89. The van der Waals surface area contributed by atoms with E-state index in [4.69, 9.17) is 9.47 Å². The van der Waals surface area contributed by atoms with Crippen LogP contribution >= 0.6 is 0 Å². The van der Waals surface area contributed by atoms with E-state index in [1.165, 1.54) is 0 Å². The molecule has 2 rings (SSSR count). The predicted molar refractivity (Wildman–Crippen MR) is 100 cm³/mol. The number of hydrogen-bond acceptors (Lipinski definition) is 3. The van der Waals surface area contributed by atoms with Gasteiger partial charge in [0.25, 0.3) is 0 Å². The highest BCUT2D eigenvalue weighted by atomic mass is 16.7. The lowest BCUT2D eigenvalue weighted by Crippen LogP contribution is -2.38. The van der Waals surface area contributed by atoms with E-state index >= 15 is 0 Å². The summed E-state index contributed by atoms with van der Waals surface area (Å²) >= 11 is 0. The van der Waals surface area contributed by atoms with Crippen molar-refractivity contribution in [1.29, 1.82) is 0 Å². The summed E-state index contributed by atoms with van der Waals surface area (Å²) in [5, 5.41) is 2.95. The number of amides is 2. The molecule has 134 valence electrons. The smallest absolute Gasteiger partial charge is 0.326 e. The third-order valence-corrected chi connectivity index (χ3v) is 3.59. The summed E-state index contributed by atoms with van der Waals surface area (Å²) in [6.07, 6.45) is 0.308. The van der Waals surface area contributed by atoms with Crippen LogP contribution in [0.5, 0.6) is 0 Å². The first-order valence-corrected chi connectivity index (χ1v) is 8.67. The van der Waals surface area contributed by atoms with Gasteiger partial charge in [-0.15, -0.1) is 0 Å². The molecule has 0 bridgehead atoms. The van der Waals surface area contributed by atoms with Crippen molar-refractivity contribution in [2.75, 3.05) is 24.7 Å². The summed E-state index contributed by atoms with van der Waals surface area (Å²) in [4.78, 5) is 14.4. The maximum absolute atomic E-state index is 12.8. The van der Waals surface area contributed by atoms with Crippen molar-refractivity contribution in [1.82, 2.24) is 5.32 Å². The van der Waals surface area contributed by atoms with E-state index in [0.717, 1.165) is 11.4 Å². The van der Waals surface area contributed by atoms with Crippen molar-refractivity contribution in [3.8, 4) is 0 Å². The van der Waals surface area contributed by atoms with E-state index < -0.39 is 0 Å². The van der Waals surface area contributed by atoms with Crippen LogP contribution in [0.15, 0.2) is 60.7 Å². The second-order valence-electron chi connectivity index (χ2n) is 5.37. The number of ether oxygens (including phenoxy) is 2. The van der Waals surface area contributed by atoms with Gasteiger partial charge in [-0.05, 0) is 38.1 Å². The van der Waals surface area contributed by atoms with E-state index in [9.17, 15) is 4.79 Å². The van der Waals surface area contributed by atoms with Gasteiger partial charge in [0.15, 0.2) is 6.29 Å². The molecule has 0 fully saturated rings. The third-order valence-electron chi connectivity index (χ3n) is 3.59. The quantitative estimate of drug-likeness (QED) is 0.690. The Morgan fingerprint density at radius 3 is 1.84 bits per heavy atom. The number of carbonyl (C=O) groups excluding carboxylic acids is 1. The fourth-order valence-electron chi connectivity index (χ4n) is 2.50. The van der Waals surface area contributed by atoms with Crippen LogP contribution in [-0.2, 0) is 9.47 Å². The summed E-state index contributed by atoms with van der Waals surface area (Å²) < 4.78 is 11.0. The van der Waals surface area contributed by atoms with E-state index in [-0.39, 0.29) is 12.3 Å². The Balaban J connectivity index is 2.04. The monoisotopic (exact) mass is 342 g/mol. The largest absolute Gasteiger partial charge is 0.353 e. The summed E-state index contributed by atoms with van der Waals surface area (Å²) in [5.41, 5.74) is 1.63. The van der Waals surface area contributed by atoms with Crippen LogP contribution in [0.3, 0.4) is 0 Å². The van der Waals surface area contributed by atoms with Crippen LogP contribution in [0, 0.1) is 0 Å². The van der Waals surface area contributed by atoms with E-state index in [2.05, 4.69) is 5.32 Å². The Bertz CT molecular complexity index is 574. The van der Waals surface area contributed by atoms with Gasteiger partial charge in [0, 0.05) is 26.2 Å². The molecule has 0 aliphatic rings. The second-order valence-corrected chi connectivity index (χ2v) is 5.37. The van der Waals surface area contributed by atoms with Gasteiger partial charge in [-0.1, -0.05) is 36.4 Å². The van der Waals surface area contributed by atoms with Crippen LogP contribution in [0.25, 0.3) is 0 Å². The zero-order valence-corrected chi connectivity index (χ0v) is 14.9. The van der Waals surface area contributed by atoms with E-state index in [1.54, 1.807) is 4.90 Å². The first kappa shape index (κ1) is 19.0. The standard InChI is InChI=1S/C20H26N2O3/c1-3-24-19(25-4-2)15-16-21-20(23)22(17-11-7-5-8-12-17)18-13-9-6-10-14-18/h5-14,19H,3-4,15-16H2,1-2H3,(H,21,23). The summed E-state index contributed by atoms with van der Waals surface area (Å²) in [6, 6.07) is 19.0. The number of nitrogens with zero attached hydrogens (tertiary/aromatic N) is 1. The Hall–Kier alpha value is -2.37. The zero-order valence-electron chi connectivity index (χ0n) is 14.9. The molecule has 0 heterocycles. The molecule has 5 heteroatoms. The van der Waals surface area contributed by atoms with Gasteiger partial charge in [0.2, 0.25) is 0 Å². The highest BCUT2D eigenvalue weighted by Gasteiger charge is 2.18. The fourth-order valence-corrected chi connectivity index (χ4v) is 2.50. The molecule has 0 saturated heterocycles. The SMILES string of the molecule is CCOC(CCNC(=O)N(c1ccccc1)c1ccccc1)OCC. The molecule has 0 spiro atoms. The number of para-hydroxylation sites is 2. The van der Waals surface area contributed by atoms with Crippen molar-refractivity contribution >= 4 is 17.4 Å². The lowest BCUT2D eigenvalue weighted by Gasteiger charge is -2.24. The van der Waals surface area contributed by atoms with Gasteiger partial charge in [-0.2, -0.15) is 0 Å². The molecule has 0 aromatic heterocycles. The predicted octanol–water partition coefficient (Wildman–Crippen LogP) is 4.32. The highest BCUT2D eigenvalue weighted by Crippen LogP contribution is 2.24. The maximum atomic E-state index is 12.8.